The first-order chi connectivity index (χ1) is 17.3. The van der Waals surface area contributed by atoms with E-state index < -0.39 is 21.9 Å². The highest BCUT2D eigenvalue weighted by atomic mass is 35.5. The van der Waals surface area contributed by atoms with Gasteiger partial charge in [-0.05, 0) is 59.3 Å². The van der Waals surface area contributed by atoms with Gasteiger partial charge in [0.1, 0.15) is 12.4 Å². The second kappa shape index (κ2) is 10.8. The summed E-state index contributed by atoms with van der Waals surface area (Å²) in [6.07, 6.45) is 1.54. The minimum Gasteiger partial charge on any atom is -0.493 e. The highest BCUT2D eigenvalue weighted by Gasteiger charge is 2.35. The lowest BCUT2D eigenvalue weighted by Crippen LogP contribution is -2.27. The first kappa shape index (κ1) is 25.2. The molecule has 36 heavy (non-hydrogen) atoms. The summed E-state index contributed by atoms with van der Waals surface area (Å²) >= 11 is 6.81. The number of nitrogens with zero attached hydrogens (tertiary/aromatic N) is 2. The van der Waals surface area contributed by atoms with Crippen LogP contribution >= 0.6 is 23.4 Å². The Balaban J connectivity index is 1.54. The highest BCUT2D eigenvalue weighted by molar-refractivity contribution is 8.18. The molecule has 0 unspecified atom stereocenters. The van der Waals surface area contributed by atoms with E-state index in [0.29, 0.717) is 28.2 Å². The summed E-state index contributed by atoms with van der Waals surface area (Å²) in [6.45, 7) is -0.167. The lowest BCUT2D eigenvalue weighted by atomic mass is 10.1. The van der Waals surface area contributed by atoms with Gasteiger partial charge in [-0.15, -0.1) is 0 Å². The van der Waals surface area contributed by atoms with Crippen molar-refractivity contribution < 1.29 is 28.4 Å². The SMILES string of the molecule is COc1ccc(/C=C2\SC(=O)N(Cc3ccc(F)cc3Cl)C2=O)cc1OCc1ccccc1[N+](=O)[O-]. The maximum Gasteiger partial charge on any atom is 0.293 e. The van der Waals surface area contributed by atoms with Crippen molar-refractivity contribution in [2.45, 2.75) is 13.2 Å². The quantitative estimate of drug-likeness (QED) is 0.195. The van der Waals surface area contributed by atoms with Crippen LogP contribution in [-0.2, 0) is 17.9 Å². The molecule has 0 radical (unpaired) electrons. The number of carbonyl (C=O) groups excluding carboxylic acids is 2. The predicted molar refractivity (Wildman–Crippen MR) is 133 cm³/mol. The van der Waals surface area contributed by atoms with Gasteiger partial charge in [-0.1, -0.05) is 35.9 Å². The largest absolute Gasteiger partial charge is 0.493 e. The van der Waals surface area contributed by atoms with E-state index in [1.807, 2.05) is 0 Å². The molecule has 8 nitrogen and oxygen atoms in total. The van der Waals surface area contributed by atoms with Crippen molar-refractivity contribution in [3.05, 3.63) is 103 Å². The molecule has 4 rings (SSSR count). The van der Waals surface area contributed by atoms with E-state index >= 15 is 0 Å². The number of amides is 2. The highest BCUT2D eigenvalue weighted by Crippen LogP contribution is 2.36. The third-order valence-corrected chi connectivity index (χ3v) is 6.53. The van der Waals surface area contributed by atoms with Crippen LogP contribution in [0.4, 0.5) is 14.9 Å². The van der Waals surface area contributed by atoms with Gasteiger partial charge < -0.3 is 9.47 Å². The molecule has 0 aliphatic carbocycles. The Morgan fingerprint density at radius 3 is 2.58 bits per heavy atom. The Labute approximate surface area is 214 Å². The zero-order valence-electron chi connectivity index (χ0n) is 18.8. The number of imide groups is 1. The van der Waals surface area contributed by atoms with E-state index in [0.717, 1.165) is 22.7 Å². The molecule has 0 spiro atoms. The number of hydrogen-bond donors (Lipinski definition) is 0. The van der Waals surface area contributed by atoms with Gasteiger partial charge >= 0.3 is 0 Å². The molecule has 1 fully saturated rings. The average Bonchev–Trinajstić information content (AvgIpc) is 3.11. The van der Waals surface area contributed by atoms with Gasteiger partial charge in [-0.2, -0.15) is 0 Å². The summed E-state index contributed by atoms with van der Waals surface area (Å²) in [5, 5.41) is 10.9. The predicted octanol–water partition coefficient (Wildman–Crippen LogP) is 6.21. The smallest absolute Gasteiger partial charge is 0.293 e. The van der Waals surface area contributed by atoms with E-state index in [-0.39, 0.29) is 28.8 Å². The van der Waals surface area contributed by atoms with Gasteiger partial charge in [-0.3, -0.25) is 24.6 Å². The molecule has 3 aromatic rings. The number of ether oxygens (including phenoxy) is 2. The molecule has 1 saturated heterocycles. The normalized spacial score (nSPS) is 14.4. The van der Waals surface area contributed by atoms with Gasteiger partial charge in [0, 0.05) is 11.1 Å². The van der Waals surface area contributed by atoms with Crippen molar-refractivity contribution in [1.82, 2.24) is 4.90 Å². The fraction of sp³-hybridized carbons (Fsp3) is 0.120. The summed E-state index contributed by atoms with van der Waals surface area (Å²) in [6, 6.07) is 14.9. The van der Waals surface area contributed by atoms with Crippen LogP contribution in [0.2, 0.25) is 5.02 Å². The topological polar surface area (TPSA) is 99.0 Å². The Morgan fingerprint density at radius 1 is 1.08 bits per heavy atom. The maximum absolute atomic E-state index is 13.3. The fourth-order valence-corrected chi connectivity index (χ4v) is 4.54. The molecule has 0 N–H and O–H groups in total. The molecule has 1 heterocycles. The Kier molecular flexibility index (Phi) is 7.56. The summed E-state index contributed by atoms with van der Waals surface area (Å²) in [4.78, 5) is 37.4. The van der Waals surface area contributed by atoms with Gasteiger partial charge in [0.05, 0.1) is 29.0 Å². The number of methoxy groups -OCH3 is 1. The standard InChI is InChI=1S/C25H18ClFN2O6S/c1-34-21-9-6-15(10-22(21)35-14-17-4-2-3-5-20(17)29(32)33)11-23-24(30)28(25(31)36-23)13-16-7-8-18(27)12-19(16)26/h2-12H,13-14H2,1H3/b23-11-. The van der Waals surface area contributed by atoms with Crippen LogP contribution in [0.1, 0.15) is 16.7 Å². The van der Waals surface area contributed by atoms with Crippen LogP contribution in [0.3, 0.4) is 0 Å². The number of para-hydroxylation sites is 1. The van der Waals surface area contributed by atoms with Crippen molar-refractivity contribution in [3.8, 4) is 11.5 Å². The fourth-order valence-electron chi connectivity index (χ4n) is 3.47. The summed E-state index contributed by atoms with van der Waals surface area (Å²) < 4.78 is 24.4. The molecule has 0 saturated carbocycles. The van der Waals surface area contributed by atoms with E-state index in [9.17, 15) is 24.1 Å². The lowest BCUT2D eigenvalue weighted by Gasteiger charge is -2.13. The van der Waals surface area contributed by atoms with Crippen LogP contribution in [0.25, 0.3) is 6.08 Å². The Morgan fingerprint density at radius 2 is 1.86 bits per heavy atom. The second-order valence-corrected chi connectivity index (χ2v) is 8.99. The zero-order chi connectivity index (χ0) is 25.8. The van der Waals surface area contributed by atoms with E-state index in [1.165, 1.54) is 31.4 Å². The number of hydrogen-bond acceptors (Lipinski definition) is 7. The van der Waals surface area contributed by atoms with E-state index in [2.05, 4.69) is 0 Å². The maximum atomic E-state index is 13.3. The van der Waals surface area contributed by atoms with Crippen LogP contribution in [0.5, 0.6) is 11.5 Å². The summed E-state index contributed by atoms with van der Waals surface area (Å²) in [5.41, 5.74) is 1.31. The number of rotatable bonds is 8. The molecule has 0 bridgehead atoms. The van der Waals surface area contributed by atoms with Gasteiger partial charge in [0.15, 0.2) is 11.5 Å². The number of halogens is 2. The average molecular weight is 529 g/mol. The number of nitro groups is 1. The van der Waals surface area contributed by atoms with Gasteiger partial charge in [0.25, 0.3) is 16.8 Å². The number of nitro benzene ring substituents is 1. The number of thioether (sulfide) groups is 1. The van der Waals surface area contributed by atoms with Crippen molar-refractivity contribution in [2.75, 3.05) is 7.11 Å². The van der Waals surface area contributed by atoms with Crippen molar-refractivity contribution in [3.63, 3.8) is 0 Å². The van der Waals surface area contributed by atoms with Crippen LogP contribution in [0, 0.1) is 15.9 Å². The Bertz CT molecular complexity index is 1400. The van der Waals surface area contributed by atoms with Crippen LogP contribution in [0.15, 0.2) is 65.6 Å². The summed E-state index contributed by atoms with van der Waals surface area (Å²) in [5.74, 6) is -0.327. The van der Waals surface area contributed by atoms with E-state index in [4.69, 9.17) is 21.1 Å². The molecule has 1 aliphatic heterocycles. The molecule has 0 aromatic heterocycles. The lowest BCUT2D eigenvalue weighted by molar-refractivity contribution is -0.385. The van der Waals surface area contributed by atoms with Crippen molar-refractivity contribution >= 4 is 46.3 Å². The number of benzene rings is 3. The molecule has 11 heteroatoms. The van der Waals surface area contributed by atoms with Gasteiger partial charge in [-0.25, -0.2) is 4.39 Å². The molecule has 0 atom stereocenters. The third kappa shape index (κ3) is 5.50. The van der Waals surface area contributed by atoms with Crippen LogP contribution in [-0.4, -0.2) is 28.1 Å². The summed E-state index contributed by atoms with van der Waals surface area (Å²) in [7, 11) is 1.46. The minimum atomic E-state index is -0.516. The zero-order valence-corrected chi connectivity index (χ0v) is 20.3. The molecule has 3 aromatic carbocycles. The second-order valence-electron chi connectivity index (χ2n) is 7.59. The van der Waals surface area contributed by atoms with E-state index in [1.54, 1.807) is 36.4 Å². The third-order valence-electron chi connectivity index (χ3n) is 5.27. The molecular formula is C25H18ClFN2O6S. The molecular weight excluding hydrogens is 511 g/mol. The first-order valence-electron chi connectivity index (χ1n) is 10.5. The molecule has 2 amide bonds. The monoisotopic (exact) mass is 528 g/mol. The number of carbonyl (C=O) groups is 2. The van der Waals surface area contributed by atoms with Crippen molar-refractivity contribution in [1.29, 1.82) is 0 Å². The minimum absolute atomic E-state index is 0.0671. The van der Waals surface area contributed by atoms with Gasteiger partial charge in [0.2, 0.25) is 0 Å². The van der Waals surface area contributed by atoms with Crippen LogP contribution < -0.4 is 9.47 Å². The molecule has 184 valence electrons. The Hall–Kier alpha value is -3.89. The van der Waals surface area contributed by atoms with Crippen molar-refractivity contribution in [2.24, 2.45) is 0 Å². The molecule has 1 aliphatic rings. The first-order valence-corrected chi connectivity index (χ1v) is 11.7.